The van der Waals surface area contributed by atoms with Gasteiger partial charge >= 0.3 is 18.1 Å². The Morgan fingerprint density at radius 2 is 0.757 bits per heavy atom. The lowest BCUT2D eigenvalue weighted by Gasteiger charge is -2.51. The van der Waals surface area contributed by atoms with Crippen LogP contribution in [0.25, 0.3) is 0 Å². The highest BCUT2D eigenvalue weighted by molar-refractivity contribution is 6.77. The van der Waals surface area contributed by atoms with Crippen LogP contribution in [0.5, 0.6) is 0 Å². The molecule has 3 heterocycles. The molecule has 136 heavy (non-hydrogen) atoms. The van der Waals surface area contributed by atoms with Gasteiger partial charge < -0.3 is 64.1 Å². The average Bonchev–Trinajstić information content (AvgIpc) is 0.772. The SMILES string of the molecule is C=CCCC(=O)[C@@H]1[C@@H](O[Si](CC)(CC)CC)C=C2C[C@@H](O[Si](CC)(CC)CC)C[C@@H](O[Si](CC)(CC)CC)[C@H](O[Si](CC)(CC)CC)CC[C@@H](O[Si](CC)(CC)CC)C[C@@H](O[Si](CC)(CC)CC)CC(=O)O[C@@H](C)[C@@H](C)[C@H](O[Si](CC)(CC)CC)[C@@H](C)C=CC=CC=CC=CC=CC=CC=C[C@H](O[C@@H]3O[C@H](C)[C@@H](O[Si](CC)(CC)CC)[C@H](NC(=O)C(F)(F)F)[C@@H]3O[Si](CC)(CC)CC)C[C@@H]1O2. The van der Waals surface area contributed by atoms with Crippen LogP contribution in [0.15, 0.2) is 110 Å². The van der Waals surface area contributed by atoms with E-state index in [1.54, 1.807) is 13.0 Å². The zero-order valence-electron chi connectivity index (χ0n) is 92.0. The first-order chi connectivity index (χ1) is 64.7. The van der Waals surface area contributed by atoms with Crippen molar-refractivity contribution in [2.24, 2.45) is 17.8 Å². The lowest BCUT2D eigenvalue weighted by Crippen LogP contribution is -2.69. The van der Waals surface area contributed by atoms with Gasteiger partial charge in [0.25, 0.3) is 0 Å². The molecule has 3 rings (SSSR count). The molecule has 0 aromatic carbocycles. The largest absolute Gasteiger partial charge is 0.494 e. The number of ketones is 1. The first kappa shape index (κ1) is 128. The Hall–Kier alpha value is -2.63. The maximum absolute atomic E-state index is 16.1. The van der Waals surface area contributed by atoms with E-state index in [-0.39, 0.29) is 55.1 Å². The Kier molecular flexibility index (Phi) is 59.7. The number of amides is 1. The van der Waals surface area contributed by atoms with Gasteiger partial charge in [0.2, 0.25) is 0 Å². The van der Waals surface area contributed by atoms with Gasteiger partial charge in [-0.2, -0.15) is 13.2 Å². The minimum atomic E-state index is -5.25. The molecule has 0 spiro atoms. The number of hydrogen-bond donors (Lipinski definition) is 1. The van der Waals surface area contributed by atoms with E-state index in [1.807, 2.05) is 72.9 Å². The fourth-order valence-corrected chi connectivity index (χ4v) is 47.3. The summed E-state index contributed by atoms with van der Waals surface area (Å²) in [6.07, 6.45) is 19.7. The van der Waals surface area contributed by atoms with Crippen LogP contribution in [0.2, 0.25) is 163 Å². The molecule has 1 amide bonds. The minimum Gasteiger partial charge on any atom is -0.494 e. The summed E-state index contributed by atoms with van der Waals surface area (Å²) >= 11 is 0. The van der Waals surface area contributed by atoms with Gasteiger partial charge in [0.1, 0.15) is 24.1 Å². The Balaban J connectivity index is 2.92. The second-order valence-corrected chi connectivity index (χ2v) is 82.4. The van der Waals surface area contributed by atoms with Crippen molar-refractivity contribution in [2.45, 2.75) is 533 Å². The number of halogens is 3. The fourth-order valence-electron chi connectivity index (χ4n) is 21.3. The summed E-state index contributed by atoms with van der Waals surface area (Å²) in [5, 5.41) is 2.51. The van der Waals surface area contributed by atoms with Crippen molar-refractivity contribution >= 4 is 92.5 Å². The number of alkyl halides is 3. The maximum atomic E-state index is 16.1. The Morgan fingerprint density at radius 1 is 0.404 bits per heavy atom. The van der Waals surface area contributed by atoms with Crippen LogP contribution >= 0.6 is 0 Å². The highest BCUT2D eigenvalue weighted by Crippen LogP contribution is 2.45. The number of fused-ring (bicyclic) bond motifs is 2. The standard InChI is InChI=1S/C107H202F3NO16Si9/c1-33-61-76-94(112)100-97-81-89(118-105-104(127-136(58-26,59-27)60-28)101(111-106(114)107(108,109)110)103(88(32)116-105)126-135(55-23,56-24)57-25)75-73-71-69-67-65-63-62-64-66-68-70-72-74-85(29)102(125-134(52-20,53-21)54-22)86(30)87(31)115-99(113)84-93(121-130(40-8,41-9)42-10)79-90(119-128(34-2,35-3)36-4)77-78-95(122-131(43-11,44-12)45-13)96(123-132(46-14,47-15)48-16)83-92(120-129(37-5,38-6)39-7)80-91(117-97)82-98(100)124-133(49-17,50-18)51-19/h33,62-75,82,85-90,92-93,95-98,100-105H,1,34-61,76-81,83-84H2,2-32H3,(H,111,114)/t85-,86+,87-,88+,89-,90+,92+,93+,95+,96+,97-,98-,100-,101-,102+,103+,104-,105-/m0/s1. The molecule has 18 atom stereocenters. The van der Waals surface area contributed by atoms with Gasteiger partial charge in [-0.1, -0.05) is 292 Å². The van der Waals surface area contributed by atoms with Crippen molar-refractivity contribution in [3.8, 4) is 0 Å². The zero-order valence-corrected chi connectivity index (χ0v) is 101. The van der Waals surface area contributed by atoms with Gasteiger partial charge in [0, 0.05) is 37.7 Å². The number of allylic oxidation sites excluding steroid dienone is 13. The Bertz CT molecular complexity index is 3530. The Morgan fingerprint density at radius 3 is 1.16 bits per heavy atom. The quantitative estimate of drug-likeness (QED) is 0.0344. The third-order valence-electron chi connectivity index (χ3n) is 33.6. The molecule has 0 aromatic heterocycles. The van der Waals surface area contributed by atoms with E-state index in [0.717, 1.165) is 127 Å². The average molecular weight is 2070 g/mol. The molecule has 1 fully saturated rings. The van der Waals surface area contributed by atoms with E-state index < -0.39 is 172 Å². The molecule has 788 valence electrons. The first-order valence-corrected chi connectivity index (χ1v) is 77.7. The van der Waals surface area contributed by atoms with Crippen molar-refractivity contribution in [3.63, 3.8) is 0 Å². The van der Waals surface area contributed by atoms with Crippen molar-refractivity contribution in [3.05, 3.63) is 110 Å². The number of carbonyl (C=O) groups is 3. The molecule has 0 aromatic rings. The molecule has 3 aliphatic heterocycles. The summed E-state index contributed by atoms with van der Waals surface area (Å²) < 4.78 is 146. The highest BCUT2D eigenvalue weighted by atomic mass is 28.4. The summed E-state index contributed by atoms with van der Waals surface area (Å²) in [4.78, 5) is 45.4. The number of Topliss-reactive ketones (excluding diaryl/α,β-unsaturated/α-hetero) is 1. The number of ether oxygens (including phenoxy) is 4. The van der Waals surface area contributed by atoms with Crippen LogP contribution in [-0.2, 0) is 73.2 Å². The molecule has 0 aliphatic carbocycles. The Labute approximate surface area is 839 Å². The monoisotopic (exact) mass is 2070 g/mol. The number of hydrogen-bond acceptors (Lipinski definition) is 16. The molecule has 0 unspecified atom stereocenters. The normalized spacial score (nSPS) is 26.4. The minimum absolute atomic E-state index is 0.0107. The molecular formula is C107H202F3NO16Si9. The predicted molar refractivity (Wildman–Crippen MR) is 587 cm³/mol. The van der Waals surface area contributed by atoms with E-state index in [0.29, 0.717) is 80.5 Å². The topological polar surface area (TPSA) is 183 Å². The maximum Gasteiger partial charge on any atom is 0.471 e. The van der Waals surface area contributed by atoms with Gasteiger partial charge in [-0.3, -0.25) is 14.4 Å². The second kappa shape index (κ2) is 63.7. The van der Waals surface area contributed by atoms with E-state index in [1.165, 1.54) is 0 Å². The van der Waals surface area contributed by atoms with Gasteiger partial charge in [0.15, 0.2) is 81.1 Å². The number of carbonyl (C=O) groups excluding carboxylic acids is 3. The summed E-state index contributed by atoms with van der Waals surface area (Å²) in [6.45, 7) is 72.8. The second-order valence-electron chi connectivity index (χ2n) is 39.8. The van der Waals surface area contributed by atoms with E-state index >= 15 is 22.8 Å². The third kappa shape index (κ3) is 37.7. The number of rotatable bonds is 52. The zero-order chi connectivity index (χ0) is 102. The van der Waals surface area contributed by atoms with Crippen LogP contribution in [0.4, 0.5) is 13.2 Å². The molecule has 1 saturated heterocycles. The number of cyclic esters (lactones) is 1. The van der Waals surface area contributed by atoms with Crippen molar-refractivity contribution in [2.75, 3.05) is 0 Å². The van der Waals surface area contributed by atoms with Crippen LogP contribution in [0.3, 0.4) is 0 Å². The summed E-state index contributed by atoms with van der Waals surface area (Å²) in [5.74, 6) is -2.80. The van der Waals surface area contributed by atoms with Gasteiger partial charge in [-0.05, 0) is 215 Å². The van der Waals surface area contributed by atoms with E-state index in [9.17, 15) is 4.79 Å². The van der Waals surface area contributed by atoms with Crippen LogP contribution in [0, 0.1) is 17.8 Å². The van der Waals surface area contributed by atoms with E-state index in [2.05, 4.69) is 238 Å². The van der Waals surface area contributed by atoms with E-state index in [4.69, 9.17) is 58.8 Å². The van der Waals surface area contributed by atoms with Crippen molar-refractivity contribution in [1.29, 1.82) is 0 Å². The van der Waals surface area contributed by atoms with Crippen LogP contribution < -0.4 is 5.32 Å². The van der Waals surface area contributed by atoms with Crippen LogP contribution in [-0.4, -0.2) is 190 Å². The summed E-state index contributed by atoms with van der Waals surface area (Å²) in [5.41, 5.74) is 0. The molecule has 0 radical (unpaired) electrons. The van der Waals surface area contributed by atoms with Gasteiger partial charge in [-0.15, -0.1) is 6.58 Å². The van der Waals surface area contributed by atoms with Gasteiger partial charge in [0.05, 0.1) is 79.1 Å². The molecule has 0 saturated carbocycles. The lowest BCUT2D eigenvalue weighted by atomic mass is 9.83. The summed E-state index contributed by atoms with van der Waals surface area (Å²) in [7, 11) is -22.9. The molecule has 1 N–H and O–H groups in total. The van der Waals surface area contributed by atoms with Gasteiger partial charge in [-0.25, -0.2) is 0 Å². The third-order valence-corrected chi connectivity index (χ3v) is 75.6. The highest BCUT2D eigenvalue weighted by Gasteiger charge is 2.56. The molecule has 2 bridgehead atoms. The predicted octanol–water partition coefficient (Wildman–Crippen LogP) is 31.0. The first-order valence-electron chi connectivity index (χ1n) is 54.9. The lowest BCUT2D eigenvalue weighted by molar-refractivity contribution is -0.276. The molecule has 29 heteroatoms. The number of esters is 1. The molecular weight excluding hydrogens is 1860 g/mol. The molecule has 17 nitrogen and oxygen atoms in total. The fraction of sp³-hybridized carbons (Fsp3) is 0.804. The van der Waals surface area contributed by atoms with Crippen molar-refractivity contribution < 1.29 is 86.3 Å². The smallest absolute Gasteiger partial charge is 0.471 e. The molecule has 3 aliphatic rings. The van der Waals surface area contributed by atoms with Crippen molar-refractivity contribution in [1.82, 2.24) is 5.32 Å². The summed E-state index contributed by atoms with van der Waals surface area (Å²) in [6, 6.07) is 21.6. The van der Waals surface area contributed by atoms with Crippen LogP contribution in [0.1, 0.15) is 272 Å². The number of nitrogens with one attached hydrogen (secondary N) is 1.